The molecule has 0 aliphatic rings. The molecule has 1 amide bonds. The van der Waals surface area contributed by atoms with Crippen LogP contribution in [0.4, 0.5) is 0 Å². The first-order valence-corrected chi connectivity index (χ1v) is 9.32. The standard InChI is InChI=1S/C19H22ClN5O4/c1-11-17(20)12(2)25(23-11)10-16-22-19(29-24-16)18(26)21-8-7-13-5-6-14(27-3)15(9-13)28-4/h5-6,9H,7-8,10H2,1-4H3,(H,21,26). The minimum Gasteiger partial charge on any atom is -0.493 e. The van der Waals surface area contributed by atoms with E-state index >= 15 is 0 Å². The molecule has 0 spiro atoms. The number of hydrogen-bond donors (Lipinski definition) is 1. The third-order valence-corrected chi connectivity index (χ3v) is 4.94. The van der Waals surface area contributed by atoms with E-state index in [1.165, 1.54) is 0 Å². The van der Waals surface area contributed by atoms with Crippen LogP contribution < -0.4 is 14.8 Å². The number of methoxy groups -OCH3 is 2. The molecule has 0 unspecified atom stereocenters. The van der Waals surface area contributed by atoms with Gasteiger partial charge in [-0.15, -0.1) is 0 Å². The number of halogens is 1. The molecule has 0 atom stereocenters. The molecule has 0 fully saturated rings. The van der Waals surface area contributed by atoms with Gasteiger partial charge in [-0.2, -0.15) is 10.1 Å². The second-order valence-corrected chi connectivity index (χ2v) is 6.73. The lowest BCUT2D eigenvalue weighted by Crippen LogP contribution is -2.26. The van der Waals surface area contributed by atoms with Crippen molar-refractivity contribution in [2.45, 2.75) is 26.8 Å². The summed E-state index contributed by atoms with van der Waals surface area (Å²) < 4.78 is 17.2. The van der Waals surface area contributed by atoms with Crippen LogP contribution in [0.1, 0.15) is 33.5 Å². The molecule has 0 aliphatic carbocycles. The number of hydrogen-bond acceptors (Lipinski definition) is 7. The Balaban J connectivity index is 1.56. The Hall–Kier alpha value is -3.07. The molecule has 1 aromatic carbocycles. The van der Waals surface area contributed by atoms with Gasteiger partial charge >= 0.3 is 11.8 Å². The average Bonchev–Trinajstić information content (AvgIpc) is 3.28. The van der Waals surface area contributed by atoms with E-state index in [1.54, 1.807) is 18.9 Å². The van der Waals surface area contributed by atoms with Crippen LogP contribution >= 0.6 is 11.6 Å². The first-order valence-electron chi connectivity index (χ1n) is 8.94. The molecule has 2 heterocycles. The second-order valence-electron chi connectivity index (χ2n) is 6.35. The van der Waals surface area contributed by atoms with E-state index in [-0.39, 0.29) is 12.4 Å². The fraction of sp³-hybridized carbons (Fsp3) is 0.368. The van der Waals surface area contributed by atoms with Crippen molar-refractivity contribution in [3.63, 3.8) is 0 Å². The van der Waals surface area contributed by atoms with Crippen LogP contribution in [-0.4, -0.2) is 46.6 Å². The summed E-state index contributed by atoms with van der Waals surface area (Å²) in [4.78, 5) is 16.4. The van der Waals surface area contributed by atoms with Gasteiger partial charge in [0.1, 0.15) is 6.54 Å². The molecule has 0 saturated heterocycles. The van der Waals surface area contributed by atoms with Crippen LogP contribution in [0.3, 0.4) is 0 Å². The molecule has 0 radical (unpaired) electrons. The minimum atomic E-state index is -0.435. The van der Waals surface area contributed by atoms with Crippen molar-refractivity contribution < 1.29 is 18.8 Å². The smallest absolute Gasteiger partial charge is 0.316 e. The van der Waals surface area contributed by atoms with Crippen molar-refractivity contribution >= 4 is 17.5 Å². The molecule has 10 heteroatoms. The molecule has 2 aromatic heterocycles. The third-order valence-electron chi connectivity index (χ3n) is 4.39. The lowest BCUT2D eigenvalue weighted by atomic mass is 10.1. The molecule has 154 valence electrons. The number of carbonyl (C=O) groups is 1. The number of ether oxygens (including phenoxy) is 2. The van der Waals surface area contributed by atoms with Gasteiger partial charge in [0.15, 0.2) is 17.3 Å². The Morgan fingerprint density at radius 3 is 2.66 bits per heavy atom. The predicted octanol–water partition coefficient (Wildman–Crippen LogP) is 2.57. The summed E-state index contributed by atoms with van der Waals surface area (Å²) in [6, 6.07) is 5.61. The van der Waals surface area contributed by atoms with E-state index in [4.69, 9.17) is 25.6 Å². The van der Waals surface area contributed by atoms with Crippen molar-refractivity contribution in [2.24, 2.45) is 0 Å². The second kappa shape index (κ2) is 8.95. The van der Waals surface area contributed by atoms with Crippen molar-refractivity contribution in [1.82, 2.24) is 25.2 Å². The van der Waals surface area contributed by atoms with Gasteiger partial charge in [0, 0.05) is 6.54 Å². The molecular weight excluding hydrogens is 398 g/mol. The van der Waals surface area contributed by atoms with Gasteiger partial charge in [-0.25, -0.2) is 0 Å². The SMILES string of the molecule is COc1ccc(CCNC(=O)c2nc(Cn3nc(C)c(Cl)c3C)no2)cc1OC. The Morgan fingerprint density at radius 2 is 2.00 bits per heavy atom. The fourth-order valence-electron chi connectivity index (χ4n) is 2.81. The molecule has 29 heavy (non-hydrogen) atoms. The van der Waals surface area contributed by atoms with E-state index in [0.717, 1.165) is 17.0 Å². The molecule has 9 nitrogen and oxygen atoms in total. The number of aryl methyl sites for hydroxylation is 1. The third kappa shape index (κ3) is 4.68. The van der Waals surface area contributed by atoms with Crippen molar-refractivity contribution in [2.75, 3.05) is 20.8 Å². The quantitative estimate of drug-likeness (QED) is 0.598. The topological polar surface area (TPSA) is 104 Å². The highest BCUT2D eigenvalue weighted by atomic mass is 35.5. The van der Waals surface area contributed by atoms with Crippen molar-refractivity contribution in [3.8, 4) is 11.5 Å². The van der Waals surface area contributed by atoms with Crippen LogP contribution in [0.25, 0.3) is 0 Å². The summed E-state index contributed by atoms with van der Waals surface area (Å²) >= 11 is 6.14. The zero-order chi connectivity index (χ0) is 21.0. The Morgan fingerprint density at radius 1 is 1.24 bits per heavy atom. The summed E-state index contributed by atoms with van der Waals surface area (Å²) in [5, 5.41) is 11.5. The van der Waals surface area contributed by atoms with Crippen LogP contribution in [0.2, 0.25) is 5.02 Å². The average molecular weight is 420 g/mol. The monoisotopic (exact) mass is 419 g/mol. The van der Waals surface area contributed by atoms with Gasteiger partial charge in [0.2, 0.25) is 0 Å². The van der Waals surface area contributed by atoms with Gasteiger partial charge in [0.05, 0.1) is 30.6 Å². The Kier molecular flexibility index (Phi) is 6.38. The van der Waals surface area contributed by atoms with E-state index in [0.29, 0.717) is 35.3 Å². The lowest BCUT2D eigenvalue weighted by molar-refractivity contribution is 0.0910. The fourth-order valence-corrected chi connectivity index (χ4v) is 2.94. The summed E-state index contributed by atoms with van der Waals surface area (Å²) in [7, 11) is 3.16. The first kappa shape index (κ1) is 20.7. The number of aromatic nitrogens is 4. The Bertz CT molecular complexity index is 1010. The first-order chi connectivity index (χ1) is 13.9. The van der Waals surface area contributed by atoms with Gasteiger partial charge in [-0.05, 0) is 38.0 Å². The molecule has 0 aliphatic heterocycles. The molecule has 0 saturated carbocycles. The van der Waals surface area contributed by atoms with Gasteiger partial charge < -0.3 is 19.3 Å². The largest absolute Gasteiger partial charge is 0.493 e. The maximum absolute atomic E-state index is 12.3. The zero-order valence-corrected chi connectivity index (χ0v) is 17.4. The highest BCUT2D eigenvalue weighted by Crippen LogP contribution is 2.27. The van der Waals surface area contributed by atoms with Crippen molar-refractivity contribution in [3.05, 3.63) is 51.9 Å². The molecule has 0 bridgehead atoms. The highest BCUT2D eigenvalue weighted by Gasteiger charge is 2.17. The number of nitrogens with one attached hydrogen (secondary N) is 1. The number of carbonyl (C=O) groups excluding carboxylic acids is 1. The predicted molar refractivity (Wildman–Crippen MR) is 106 cm³/mol. The van der Waals surface area contributed by atoms with Crippen LogP contribution in [0, 0.1) is 13.8 Å². The molecule has 3 rings (SSSR count). The van der Waals surface area contributed by atoms with E-state index in [2.05, 4.69) is 20.6 Å². The summed E-state index contributed by atoms with van der Waals surface area (Å²) in [6.07, 6.45) is 0.608. The van der Waals surface area contributed by atoms with E-state index < -0.39 is 5.91 Å². The Labute approximate surface area is 172 Å². The molecule has 1 N–H and O–H groups in total. The number of rotatable bonds is 8. The maximum atomic E-state index is 12.3. The molecule has 3 aromatic rings. The van der Waals surface area contributed by atoms with Crippen LogP contribution in [0.15, 0.2) is 22.7 Å². The van der Waals surface area contributed by atoms with Gasteiger partial charge in [-0.1, -0.05) is 22.8 Å². The molecular formula is C19H22ClN5O4. The highest BCUT2D eigenvalue weighted by molar-refractivity contribution is 6.31. The van der Waals surface area contributed by atoms with Crippen molar-refractivity contribution in [1.29, 1.82) is 0 Å². The lowest BCUT2D eigenvalue weighted by Gasteiger charge is -2.09. The number of benzene rings is 1. The van der Waals surface area contributed by atoms with Gasteiger partial charge in [-0.3, -0.25) is 9.48 Å². The van der Waals surface area contributed by atoms with Crippen LogP contribution in [-0.2, 0) is 13.0 Å². The normalized spacial score (nSPS) is 10.8. The summed E-state index contributed by atoms with van der Waals surface area (Å²) in [6.45, 7) is 4.34. The zero-order valence-electron chi connectivity index (χ0n) is 16.7. The number of amides is 1. The maximum Gasteiger partial charge on any atom is 0.316 e. The minimum absolute atomic E-state index is 0.0973. The van der Waals surface area contributed by atoms with E-state index in [9.17, 15) is 4.79 Å². The van der Waals surface area contributed by atoms with Gasteiger partial charge in [0.25, 0.3) is 0 Å². The summed E-state index contributed by atoms with van der Waals surface area (Å²) in [5.74, 6) is 1.11. The summed E-state index contributed by atoms with van der Waals surface area (Å²) in [5.41, 5.74) is 2.52. The number of nitrogens with zero attached hydrogens (tertiary/aromatic N) is 4. The van der Waals surface area contributed by atoms with Crippen LogP contribution in [0.5, 0.6) is 11.5 Å². The van der Waals surface area contributed by atoms with E-state index in [1.807, 2.05) is 32.0 Å².